The number of rotatable bonds is 7. The third-order valence-corrected chi connectivity index (χ3v) is 3.48. The van der Waals surface area contributed by atoms with Gasteiger partial charge in [0.1, 0.15) is 18.1 Å². The minimum atomic E-state index is -0.0273. The van der Waals surface area contributed by atoms with Crippen LogP contribution in [0.1, 0.15) is 22.8 Å². The minimum Gasteiger partial charge on any atom is -0.494 e. The van der Waals surface area contributed by atoms with Crippen molar-refractivity contribution in [1.29, 1.82) is 0 Å². The monoisotopic (exact) mass is 313 g/mol. The molecule has 0 bridgehead atoms. The van der Waals surface area contributed by atoms with Crippen molar-refractivity contribution in [1.82, 2.24) is 4.90 Å². The molecule has 0 aliphatic heterocycles. The average molecular weight is 313 g/mol. The summed E-state index contributed by atoms with van der Waals surface area (Å²) in [5.41, 5.74) is 1.84. The van der Waals surface area contributed by atoms with Crippen LogP contribution in [-0.2, 0) is 0 Å². The van der Waals surface area contributed by atoms with Crippen molar-refractivity contribution in [2.75, 3.05) is 26.8 Å². The van der Waals surface area contributed by atoms with Crippen LogP contribution in [0.3, 0.4) is 0 Å². The van der Waals surface area contributed by atoms with Crippen LogP contribution in [-0.4, -0.2) is 37.6 Å². The van der Waals surface area contributed by atoms with Crippen LogP contribution in [0.4, 0.5) is 0 Å². The molecule has 0 aromatic heterocycles. The second kappa shape index (κ2) is 8.22. The number of hydrogen-bond donors (Lipinski definition) is 0. The fourth-order valence-electron chi connectivity index (χ4n) is 2.12. The van der Waals surface area contributed by atoms with Crippen LogP contribution in [0, 0.1) is 6.92 Å². The van der Waals surface area contributed by atoms with Crippen molar-refractivity contribution in [3.8, 4) is 11.5 Å². The summed E-state index contributed by atoms with van der Waals surface area (Å²) >= 11 is 0. The Kier molecular flexibility index (Phi) is 6.03. The van der Waals surface area contributed by atoms with E-state index in [0.717, 1.165) is 11.5 Å². The summed E-state index contributed by atoms with van der Waals surface area (Å²) in [6, 6.07) is 15.1. The number of ether oxygens (including phenoxy) is 2. The Morgan fingerprint density at radius 1 is 0.957 bits per heavy atom. The highest BCUT2D eigenvalue weighted by atomic mass is 16.5. The van der Waals surface area contributed by atoms with E-state index in [1.807, 2.05) is 50.2 Å². The molecule has 0 aliphatic carbocycles. The molecule has 2 rings (SSSR count). The van der Waals surface area contributed by atoms with E-state index in [2.05, 4.69) is 0 Å². The van der Waals surface area contributed by atoms with Gasteiger partial charge in [0, 0.05) is 12.6 Å². The van der Waals surface area contributed by atoms with Crippen molar-refractivity contribution in [3.63, 3.8) is 0 Å². The molecule has 0 saturated heterocycles. The molecule has 1 amide bonds. The summed E-state index contributed by atoms with van der Waals surface area (Å²) in [7, 11) is 1.78. The number of likely N-dealkylation sites (N-methyl/N-ethyl adjacent to an activating group) is 1. The highest BCUT2D eigenvalue weighted by Crippen LogP contribution is 2.14. The second-order valence-corrected chi connectivity index (χ2v) is 5.35. The normalized spacial score (nSPS) is 10.2. The van der Waals surface area contributed by atoms with Crippen LogP contribution in [0.5, 0.6) is 11.5 Å². The first-order chi connectivity index (χ1) is 11.1. The van der Waals surface area contributed by atoms with Gasteiger partial charge in [0.05, 0.1) is 13.2 Å². The summed E-state index contributed by atoms with van der Waals surface area (Å²) in [4.78, 5) is 14.0. The van der Waals surface area contributed by atoms with E-state index >= 15 is 0 Å². The lowest BCUT2D eigenvalue weighted by molar-refractivity contribution is 0.0773. The van der Waals surface area contributed by atoms with Gasteiger partial charge in [-0.25, -0.2) is 0 Å². The van der Waals surface area contributed by atoms with Crippen LogP contribution in [0.2, 0.25) is 0 Å². The molecule has 0 N–H and O–H groups in total. The molecule has 0 spiro atoms. The van der Waals surface area contributed by atoms with Gasteiger partial charge in [-0.3, -0.25) is 4.79 Å². The number of aryl methyl sites for hydroxylation is 1. The highest BCUT2D eigenvalue weighted by molar-refractivity contribution is 5.94. The molecule has 4 heteroatoms. The van der Waals surface area contributed by atoms with Crippen LogP contribution in [0.15, 0.2) is 48.5 Å². The first kappa shape index (κ1) is 16.9. The van der Waals surface area contributed by atoms with E-state index in [1.54, 1.807) is 24.1 Å². The van der Waals surface area contributed by atoms with Gasteiger partial charge in [-0.15, -0.1) is 0 Å². The molecule has 0 heterocycles. The largest absolute Gasteiger partial charge is 0.494 e. The van der Waals surface area contributed by atoms with Gasteiger partial charge in [0.2, 0.25) is 0 Å². The van der Waals surface area contributed by atoms with E-state index in [1.165, 1.54) is 5.56 Å². The highest BCUT2D eigenvalue weighted by Gasteiger charge is 2.11. The van der Waals surface area contributed by atoms with Gasteiger partial charge < -0.3 is 14.4 Å². The summed E-state index contributed by atoms with van der Waals surface area (Å²) in [5.74, 6) is 1.56. The summed E-state index contributed by atoms with van der Waals surface area (Å²) in [6.45, 7) is 5.57. The van der Waals surface area contributed by atoms with Gasteiger partial charge in [0.25, 0.3) is 5.91 Å². The zero-order valence-electron chi connectivity index (χ0n) is 13.9. The molecule has 0 radical (unpaired) electrons. The summed E-state index contributed by atoms with van der Waals surface area (Å²) in [5, 5.41) is 0. The average Bonchev–Trinajstić information content (AvgIpc) is 2.57. The molecule has 0 aliphatic rings. The number of carbonyl (C=O) groups excluding carboxylic acids is 1. The molecule has 122 valence electrons. The lowest BCUT2D eigenvalue weighted by Gasteiger charge is -2.18. The first-order valence-corrected chi connectivity index (χ1v) is 7.78. The Bertz CT molecular complexity index is 620. The van der Waals surface area contributed by atoms with E-state index in [9.17, 15) is 4.79 Å². The maximum absolute atomic E-state index is 12.3. The number of hydrogen-bond acceptors (Lipinski definition) is 3. The maximum Gasteiger partial charge on any atom is 0.253 e. The van der Waals surface area contributed by atoms with E-state index in [-0.39, 0.29) is 5.91 Å². The lowest BCUT2D eigenvalue weighted by Crippen LogP contribution is -2.30. The number of amides is 1. The third kappa shape index (κ3) is 5.02. The van der Waals surface area contributed by atoms with Crippen LogP contribution >= 0.6 is 0 Å². The molecule has 0 unspecified atom stereocenters. The fraction of sp³-hybridized carbons (Fsp3) is 0.316. The van der Waals surface area contributed by atoms with Gasteiger partial charge in [-0.2, -0.15) is 0 Å². The van der Waals surface area contributed by atoms with Gasteiger partial charge in [-0.05, 0) is 50.2 Å². The molecule has 23 heavy (non-hydrogen) atoms. The molecular formula is C19H23NO3. The minimum absolute atomic E-state index is 0.0273. The summed E-state index contributed by atoms with van der Waals surface area (Å²) in [6.07, 6.45) is 0. The second-order valence-electron chi connectivity index (χ2n) is 5.35. The number of carbonyl (C=O) groups is 1. The molecule has 2 aromatic carbocycles. The predicted octanol–water partition coefficient (Wildman–Crippen LogP) is 3.54. The van der Waals surface area contributed by atoms with E-state index in [4.69, 9.17) is 9.47 Å². The topological polar surface area (TPSA) is 38.8 Å². The van der Waals surface area contributed by atoms with Crippen molar-refractivity contribution in [2.45, 2.75) is 13.8 Å². The Hall–Kier alpha value is -2.49. The maximum atomic E-state index is 12.3. The standard InChI is InChI=1S/C19H23NO3/c1-4-22-17-11-7-16(8-12-17)19(21)20(3)13-14-23-18-9-5-15(2)6-10-18/h5-12H,4,13-14H2,1-3H3. The van der Waals surface area contributed by atoms with Crippen molar-refractivity contribution in [2.24, 2.45) is 0 Å². The lowest BCUT2D eigenvalue weighted by atomic mass is 10.2. The van der Waals surface area contributed by atoms with E-state index < -0.39 is 0 Å². The zero-order valence-corrected chi connectivity index (χ0v) is 13.9. The smallest absolute Gasteiger partial charge is 0.253 e. The number of benzene rings is 2. The van der Waals surface area contributed by atoms with Gasteiger partial charge >= 0.3 is 0 Å². The van der Waals surface area contributed by atoms with Gasteiger partial charge in [-0.1, -0.05) is 17.7 Å². The quantitative estimate of drug-likeness (QED) is 0.785. The molecule has 2 aromatic rings. The SMILES string of the molecule is CCOc1ccc(C(=O)N(C)CCOc2ccc(C)cc2)cc1. The first-order valence-electron chi connectivity index (χ1n) is 7.78. The Morgan fingerprint density at radius 2 is 1.52 bits per heavy atom. The molecular weight excluding hydrogens is 290 g/mol. The van der Waals surface area contributed by atoms with Crippen molar-refractivity contribution >= 4 is 5.91 Å². The third-order valence-electron chi connectivity index (χ3n) is 3.48. The molecule has 4 nitrogen and oxygen atoms in total. The fourth-order valence-corrected chi connectivity index (χ4v) is 2.12. The molecule has 0 atom stereocenters. The van der Waals surface area contributed by atoms with Crippen LogP contribution in [0.25, 0.3) is 0 Å². The molecule has 0 saturated carbocycles. The molecule has 0 fully saturated rings. The summed E-state index contributed by atoms with van der Waals surface area (Å²) < 4.78 is 11.0. The predicted molar refractivity (Wildman–Crippen MR) is 91.2 cm³/mol. The Morgan fingerprint density at radius 3 is 2.13 bits per heavy atom. The number of nitrogens with zero attached hydrogens (tertiary/aromatic N) is 1. The van der Waals surface area contributed by atoms with Gasteiger partial charge in [0.15, 0.2) is 0 Å². The van der Waals surface area contributed by atoms with Crippen molar-refractivity contribution in [3.05, 3.63) is 59.7 Å². The Balaban J connectivity index is 1.83. The Labute approximate surface area is 137 Å². The van der Waals surface area contributed by atoms with Crippen molar-refractivity contribution < 1.29 is 14.3 Å². The van der Waals surface area contributed by atoms with Crippen LogP contribution < -0.4 is 9.47 Å². The zero-order chi connectivity index (χ0) is 16.7. The van der Waals surface area contributed by atoms with E-state index in [0.29, 0.717) is 25.3 Å².